The Hall–Kier alpha value is -3.53. The number of rotatable bonds is 5. The number of hydrogen-bond donors (Lipinski definition) is 4. The van der Waals surface area contributed by atoms with Crippen LogP contribution in [0.5, 0.6) is 23.0 Å². The fourth-order valence-electron chi connectivity index (χ4n) is 2.22. The lowest BCUT2D eigenvalue weighted by Crippen LogP contribution is -2.48. The number of thiocarbonyl (C=S) groups is 1. The Morgan fingerprint density at radius 2 is 1.43 bits per heavy atom. The number of nitrogens with one attached hydrogen (secondary N) is 3. The Balaban J connectivity index is 2.01. The molecular formula is C18H19N3O6S. The van der Waals surface area contributed by atoms with Crippen LogP contribution in [0.25, 0.3) is 0 Å². The molecule has 28 heavy (non-hydrogen) atoms. The van der Waals surface area contributed by atoms with Crippen molar-refractivity contribution in [2.24, 2.45) is 0 Å². The van der Waals surface area contributed by atoms with E-state index in [1.807, 2.05) is 0 Å². The molecule has 2 aromatic carbocycles. The molecule has 9 nitrogen and oxygen atoms in total. The zero-order chi connectivity index (χ0) is 20.7. The van der Waals surface area contributed by atoms with E-state index in [1.165, 1.54) is 57.7 Å². The van der Waals surface area contributed by atoms with Crippen molar-refractivity contribution in [2.75, 3.05) is 21.3 Å². The van der Waals surface area contributed by atoms with E-state index in [-0.39, 0.29) is 16.4 Å². The molecule has 4 N–H and O–H groups in total. The number of amides is 2. The minimum atomic E-state index is -0.546. The smallest absolute Gasteiger partial charge is 0.269 e. The van der Waals surface area contributed by atoms with Crippen molar-refractivity contribution >= 4 is 29.1 Å². The van der Waals surface area contributed by atoms with E-state index in [0.717, 1.165) is 0 Å². The van der Waals surface area contributed by atoms with Gasteiger partial charge in [-0.25, -0.2) is 0 Å². The lowest BCUT2D eigenvalue weighted by Gasteiger charge is -2.15. The van der Waals surface area contributed by atoms with Gasteiger partial charge in [-0.15, -0.1) is 0 Å². The summed E-state index contributed by atoms with van der Waals surface area (Å²) in [5.41, 5.74) is 5.28. The molecule has 0 aliphatic rings. The van der Waals surface area contributed by atoms with Crippen LogP contribution in [0.15, 0.2) is 36.4 Å². The number of ether oxygens (including phenoxy) is 3. The van der Waals surface area contributed by atoms with Gasteiger partial charge in [0.05, 0.1) is 21.3 Å². The molecule has 10 heteroatoms. The van der Waals surface area contributed by atoms with E-state index in [2.05, 4.69) is 16.2 Å². The van der Waals surface area contributed by atoms with E-state index < -0.39 is 11.8 Å². The van der Waals surface area contributed by atoms with Crippen LogP contribution in [0.4, 0.5) is 0 Å². The normalized spacial score (nSPS) is 9.82. The number of aromatic hydroxyl groups is 1. The van der Waals surface area contributed by atoms with E-state index in [0.29, 0.717) is 22.8 Å². The summed E-state index contributed by atoms with van der Waals surface area (Å²) in [6.07, 6.45) is 0. The molecule has 0 saturated heterocycles. The van der Waals surface area contributed by atoms with E-state index in [1.54, 1.807) is 0 Å². The highest BCUT2D eigenvalue weighted by Crippen LogP contribution is 2.38. The molecule has 148 valence electrons. The quantitative estimate of drug-likeness (QED) is 0.435. The van der Waals surface area contributed by atoms with Crippen molar-refractivity contribution in [2.45, 2.75) is 0 Å². The van der Waals surface area contributed by atoms with Gasteiger partial charge in [0, 0.05) is 11.1 Å². The van der Waals surface area contributed by atoms with Gasteiger partial charge in [-0.1, -0.05) is 0 Å². The van der Waals surface area contributed by atoms with Crippen LogP contribution in [0.2, 0.25) is 0 Å². The third-order valence-corrected chi connectivity index (χ3v) is 3.78. The summed E-state index contributed by atoms with van der Waals surface area (Å²) in [4.78, 5) is 24.4. The Morgan fingerprint density at radius 3 is 1.93 bits per heavy atom. The Labute approximate surface area is 166 Å². The van der Waals surface area contributed by atoms with Gasteiger partial charge in [0.25, 0.3) is 11.8 Å². The highest BCUT2D eigenvalue weighted by Gasteiger charge is 2.17. The van der Waals surface area contributed by atoms with Gasteiger partial charge in [-0.05, 0) is 48.6 Å². The van der Waals surface area contributed by atoms with Crippen LogP contribution < -0.4 is 30.4 Å². The third-order valence-electron chi connectivity index (χ3n) is 3.57. The number of carbonyl (C=O) groups is 2. The molecule has 0 spiro atoms. The Morgan fingerprint density at radius 1 is 0.857 bits per heavy atom. The second-order valence-electron chi connectivity index (χ2n) is 5.32. The molecule has 2 rings (SSSR count). The fraction of sp³-hybridized carbons (Fsp3) is 0.167. The third kappa shape index (κ3) is 5.01. The van der Waals surface area contributed by atoms with Crippen LogP contribution in [0.1, 0.15) is 20.7 Å². The summed E-state index contributed by atoms with van der Waals surface area (Å²) in [6.45, 7) is 0. The number of benzene rings is 2. The van der Waals surface area contributed by atoms with Crippen molar-refractivity contribution in [3.05, 3.63) is 47.5 Å². The Bertz CT molecular complexity index is 860. The molecule has 0 bridgehead atoms. The lowest BCUT2D eigenvalue weighted by molar-refractivity contribution is 0.0934. The SMILES string of the molecule is COc1cc(C(=O)NC(=S)NNC(=O)c2ccc(O)cc2)cc(OC)c1OC. The first-order valence-corrected chi connectivity index (χ1v) is 8.31. The summed E-state index contributed by atoms with van der Waals surface area (Å²) < 4.78 is 15.6. The first-order valence-electron chi connectivity index (χ1n) is 7.90. The fourth-order valence-corrected chi connectivity index (χ4v) is 2.36. The van der Waals surface area contributed by atoms with E-state index in [9.17, 15) is 14.7 Å². The zero-order valence-corrected chi connectivity index (χ0v) is 16.2. The number of phenolic OH excluding ortho intramolecular Hbond substituents is 1. The highest BCUT2D eigenvalue weighted by molar-refractivity contribution is 7.80. The molecule has 0 radical (unpaired) electrons. The van der Waals surface area contributed by atoms with Crippen LogP contribution in [-0.4, -0.2) is 43.4 Å². The second kappa shape index (κ2) is 9.42. The summed E-state index contributed by atoms with van der Waals surface area (Å²) in [7, 11) is 4.32. The van der Waals surface area contributed by atoms with Gasteiger partial charge in [0.15, 0.2) is 16.6 Å². The van der Waals surface area contributed by atoms with Crippen LogP contribution in [0, 0.1) is 0 Å². The summed E-state index contributed by atoms with van der Waals surface area (Å²) in [6, 6.07) is 8.55. The van der Waals surface area contributed by atoms with Crippen molar-refractivity contribution in [3.63, 3.8) is 0 Å². The molecule has 0 unspecified atom stereocenters. The van der Waals surface area contributed by atoms with Crippen LogP contribution >= 0.6 is 12.2 Å². The highest BCUT2D eigenvalue weighted by atomic mass is 32.1. The van der Waals surface area contributed by atoms with Crippen molar-refractivity contribution in [1.82, 2.24) is 16.2 Å². The maximum atomic E-state index is 12.4. The predicted octanol–water partition coefficient (Wildman–Crippen LogP) is 1.37. The van der Waals surface area contributed by atoms with Crippen molar-refractivity contribution < 1.29 is 28.9 Å². The van der Waals surface area contributed by atoms with Crippen LogP contribution in [0.3, 0.4) is 0 Å². The first kappa shape index (κ1) is 20.8. The summed E-state index contributed by atoms with van der Waals surface area (Å²) in [5, 5.41) is 11.5. The molecule has 2 amide bonds. The maximum absolute atomic E-state index is 12.4. The van der Waals surface area contributed by atoms with Gasteiger partial charge in [-0.3, -0.25) is 25.8 Å². The average molecular weight is 405 g/mol. The molecular weight excluding hydrogens is 386 g/mol. The monoisotopic (exact) mass is 405 g/mol. The standard InChI is InChI=1S/C18H19N3O6S/c1-25-13-8-11(9-14(26-2)15(13)27-3)16(23)19-18(28)21-20-17(24)10-4-6-12(22)7-5-10/h4-9,22H,1-3H3,(H,20,24)(H2,19,21,23,28). The number of methoxy groups -OCH3 is 3. The Kier molecular flexibility index (Phi) is 6.99. The first-order chi connectivity index (χ1) is 13.4. The molecule has 0 aliphatic carbocycles. The molecule has 0 fully saturated rings. The average Bonchev–Trinajstić information content (AvgIpc) is 2.71. The molecule has 0 saturated carbocycles. The van der Waals surface area contributed by atoms with Crippen LogP contribution in [-0.2, 0) is 0 Å². The van der Waals surface area contributed by atoms with E-state index >= 15 is 0 Å². The van der Waals surface area contributed by atoms with Gasteiger partial charge in [-0.2, -0.15) is 0 Å². The number of hydrogen-bond acceptors (Lipinski definition) is 7. The molecule has 0 aromatic heterocycles. The molecule has 2 aromatic rings. The number of phenols is 1. The second-order valence-corrected chi connectivity index (χ2v) is 5.73. The minimum Gasteiger partial charge on any atom is -0.508 e. The number of carbonyl (C=O) groups excluding carboxylic acids is 2. The van der Waals surface area contributed by atoms with Gasteiger partial charge < -0.3 is 19.3 Å². The van der Waals surface area contributed by atoms with Crippen molar-refractivity contribution in [3.8, 4) is 23.0 Å². The van der Waals surface area contributed by atoms with Gasteiger partial charge in [0.2, 0.25) is 5.75 Å². The lowest BCUT2D eigenvalue weighted by atomic mass is 10.1. The predicted molar refractivity (Wildman–Crippen MR) is 105 cm³/mol. The molecule has 0 atom stereocenters. The molecule has 0 aliphatic heterocycles. The van der Waals surface area contributed by atoms with Gasteiger partial charge >= 0.3 is 0 Å². The van der Waals surface area contributed by atoms with Crippen molar-refractivity contribution in [1.29, 1.82) is 0 Å². The van der Waals surface area contributed by atoms with Gasteiger partial charge in [0.1, 0.15) is 5.75 Å². The topological polar surface area (TPSA) is 118 Å². The van der Waals surface area contributed by atoms with E-state index in [4.69, 9.17) is 26.4 Å². The maximum Gasteiger partial charge on any atom is 0.269 e. The summed E-state index contributed by atoms with van der Waals surface area (Å²) in [5.74, 6) is -0.0286. The minimum absolute atomic E-state index is 0.0395. The summed E-state index contributed by atoms with van der Waals surface area (Å²) >= 11 is 5.01. The largest absolute Gasteiger partial charge is 0.508 e. The number of hydrazine groups is 1. The molecule has 0 heterocycles. The zero-order valence-electron chi connectivity index (χ0n) is 15.4.